The Balaban J connectivity index is 0.00000242. The van der Waals surface area contributed by atoms with Crippen molar-refractivity contribution >= 4 is 17.0 Å². The largest absolute Gasteiger partial charge is 0.508 e. The Morgan fingerprint density at radius 3 is 2.55 bits per heavy atom. The third-order valence-electron chi connectivity index (χ3n) is 4.63. The number of phenols is 1. The van der Waals surface area contributed by atoms with Gasteiger partial charge in [-0.25, -0.2) is 0 Å². The van der Waals surface area contributed by atoms with Gasteiger partial charge in [-0.2, -0.15) is 0 Å². The lowest BCUT2D eigenvalue weighted by Crippen LogP contribution is -2.35. The van der Waals surface area contributed by atoms with E-state index in [1.165, 1.54) is 62.5 Å². The summed E-state index contributed by atoms with van der Waals surface area (Å²) >= 11 is 0. The van der Waals surface area contributed by atoms with Crippen LogP contribution in [-0.4, -0.2) is 17.7 Å². The van der Waals surface area contributed by atoms with Crippen LogP contribution in [-0.2, 0) is 12.8 Å². The van der Waals surface area contributed by atoms with E-state index in [9.17, 15) is 5.11 Å². The number of hydrogen-bond acceptors (Lipinski definition) is 2. The molecule has 0 heterocycles. The fraction of sp³-hybridized carbons (Fsp3) is 0.684. The maximum atomic E-state index is 9.59. The summed E-state index contributed by atoms with van der Waals surface area (Å²) in [5.74, 6) is 0.404. The second-order valence-corrected chi connectivity index (χ2v) is 6.47. The van der Waals surface area contributed by atoms with Crippen molar-refractivity contribution in [2.45, 2.75) is 77.2 Å². The average molecular weight is 370 g/mol. The van der Waals surface area contributed by atoms with Crippen molar-refractivity contribution in [3.05, 3.63) is 29.3 Å². The minimum absolute atomic E-state index is 0. The molecule has 1 aromatic carbocycles. The van der Waals surface area contributed by atoms with Crippen LogP contribution in [0.3, 0.4) is 0 Å². The molecule has 1 aliphatic rings. The van der Waals surface area contributed by atoms with Gasteiger partial charge < -0.3 is 10.4 Å². The van der Waals surface area contributed by atoms with E-state index < -0.39 is 0 Å². The van der Waals surface area contributed by atoms with E-state index in [1.54, 1.807) is 0 Å². The van der Waals surface area contributed by atoms with Gasteiger partial charge in [-0.15, -0.1) is 17.0 Å². The van der Waals surface area contributed by atoms with Crippen LogP contribution in [0.2, 0.25) is 0 Å². The minimum Gasteiger partial charge on any atom is -0.508 e. The molecule has 2 N–H and O–H groups in total. The molecular weight excluding hydrogens is 338 g/mol. The Kier molecular flexibility index (Phi) is 9.81. The summed E-state index contributed by atoms with van der Waals surface area (Å²) in [6, 6.07) is 6.43. The second-order valence-electron chi connectivity index (χ2n) is 6.47. The summed E-state index contributed by atoms with van der Waals surface area (Å²) in [6.45, 7) is 3.42. The molecule has 0 aliphatic heterocycles. The lowest BCUT2D eigenvalue weighted by atomic mass is 9.88. The molecule has 1 aliphatic carbocycles. The summed E-state index contributed by atoms with van der Waals surface area (Å²) in [4.78, 5) is 0. The molecule has 1 atom stereocenters. The van der Waals surface area contributed by atoms with Crippen LogP contribution in [0.1, 0.15) is 69.4 Å². The smallest absolute Gasteiger partial charge is 0.115 e. The van der Waals surface area contributed by atoms with Crippen LogP contribution < -0.4 is 5.32 Å². The highest BCUT2D eigenvalue weighted by Gasteiger charge is 2.18. The molecule has 0 saturated carbocycles. The molecule has 2 nitrogen and oxygen atoms in total. The third kappa shape index (κ3) is 6.70. The Bertz CT molecular complexity index is 422. The van der Waals surface area contributed by atoms with Crippen LogP contribution in [0.5, 0.6) is 5.75 Å². The van der Waals surface area contributed by atoms with E-state index in [0.717, 1.165) is 19.4 Å². The zero-order chi connectivity index (χ0) is 14.9. The number of unbranched alkanes of at least 4 members (excludes halogenated alkanes) is 6. The van der Waals surface area contributed by atoms with Gasteiger partial charge in [-0.05, 0) is 55.5 Å². The zero-order valence-corrected chi connectivity index (χ0v) is 15.7. The molecule has 0 amide bonds. The van der Waals surface area contributed by atoms with Crippen molar-refractivity contribution in [2.75, 3.05) is 6.54 Å². The molecule has 1 aromatic rings. The van der Waals surface area contributed by atoms with E-state index in [4.69, 9.17) is 0 Å². The molecule has 126 valence electrons. The van der Waals surface area contributed by atoms with Crippen LogP contribution >= 0.6 is 17.0 Å². The predicted octanol–water partition coefficient (Wildman–Crippen LogP) is 5.17. The summed E-state index contributed by atoms with van der Waals surface area (Å²) in [5, 5.41) is 13.3. The summed E-state index contributed by atoms with van der Waals surface area (Å²) in [7, 11) is 0. The maximum Gasteiger partial charge on any atom is 0.115 e. The third-order valence-corrected chi connectivity index (χ3v) is 4.63. The number of benzene rings is 1. The second kappa shape index (κ2) is 11.1. The first-order valence-electron chi connectivity index (χ1n) is 8.83. The van der Waals surface area contributed by atoms with E-state index in [1.807, 2.05) is 12.1 Å². The van der Waals surface area contributed by atoms with Gasteiger partial charge in [0.2, 0.25) is 0 Å². The Labute approximate surface area is 146 Å². The molecule has 3 heteroatoms. The first kappa shape index (κ1) is 19.5. The van der Waals surface area contributed by atoms with Crippen molar-refractivity contribution < 1.29 is 5.11 Å². The lowest BCUT2D eigenvalue weighted by Gasteiger charge is -2.25. The fourth-order valence-electron chi connectivity index (χ4n) is 3.31. The standard InChI is InChI=1S/C19H31NO.BrH/c1-2-3-4-5-6-7-8-13-20-18-11-9-16-10-12-19(21)15-17(16)14-18;/h10,12,15,18,20-21H,2-9,11,13-14H2,1H3;1H. The zero-order valence-electron chi connectivity index (χ0n) is 13.9. The molecule has 0 aromatic heterocycles. The molecule has 0 bridgehead atoms. The fourth-order valence-corrected chi connectivity index (χ4v) is 3.31. The highest BCUT2D eigenvalue weighted by molar-refractivity contribution is 8.93. The Morgan fingerprint density at radius 2 is 1.77 bits per heavy atom. The molecule has 22 heavy (non-hydrogen) atoms. The van der Waals surface area contributed by atoms with Gasteiger partial charge in [-0.3, -0.25) is 0 Å². The molecule has 0 spiro atoms. The van der Waals surface area contributed by atoms with E-state index >= 15 is 0 Å². The Morgan fingerprint density at radius 1 is 1.05 bits per heavy atom. The maximum absolute atomic E-state index is 9.59. The summed E-state index contributed by atoms with van der Waals surface area (Å²) < 4.78 is 0. The van der Waals surface area contributed by atoms with E-state index in [2.05, 4.69) is 18.3 Å². The van der Waals surface area contributed by atoms with Gasteiger partial charge in [0.15, 0.2) is 0 Å². The van der Waals surface area contributed by atoms with Gasteiger partial charge in [0.25, 0.3) is 0 Å². The average Bonchev–Trinajstić information content (AvgIpc) is 2.49. The summed E-state index contributed by atoms with van der Waals surface area (Å²) in [5.41, 5.74) is 2.75. The number of rotatable bonds is 9. The van der Waals surface area contributed by atoms with Gasteiger partial charge in [0.1, 0.15) is 5.75 Å². The quantitative estimate of drug-likeness (QED) is 0.588. The van der Waals surface area contributed by atoms with E-state index in [0.29, 0.717) is 11.8 Å². The van der Waals surface area contributed by atoms with Gasteiger partial charge in [-0.1, -0.05) is 51.5 Å². The highest BCUT2D eigenvalue weighted by Crippen LogP contribution is 2.25. The van der Waals surface area contributed by atoms with Gasteiger partial charge in [0.05, 0.1) is 0 Å². The Hall–Kier alpha value is -0.540. The van der Waals surface area contributed by atoms with Crippen molar-refractivity contribution in [3.63, 3.8) is 0 Å². The lowest BCUT2D eigenvalue weighted by molar-refractivity contribution is 0.441. The molecular formula is C19H32BrNO. The number of hydrogen-bond donors (Lipinski definition) is 2. The predicted molar refractivity (Wildman–Crippen MR) is 100 cm³/mol. The molecule has 0 fully saturated rings. The SMILES string of the molecule is Br.CCCCCCCCCNC1CCc2ccc(O)cc2C1. The van der Waals surface area contributed by atoms with E-state index in [-0.39, 0.29) is 17.0 Å². The van der Waals surface area contributed by atoms with Crippen molar-refractivity contribution in [1.82, 2.24) is 5.32 Å². The number of phenolic OH excluding ortho intramolecular Hbond substituents is 1. The monoisotopic (exact) mass is 369 g/mol. The van der Waals surface area contributed by atoms with Crippen LogP contribution in [0.15, 0.2) is 18.2 Å². The molecule has 0 radical (unpaired) electrons. The molecule has 0 saturated heterocycles. The normalized spacial score (nSPS) is 16.9. The van der Waals surface area contributed by atoms with Crippen molar-refractivity contribution in [2.24, 2.45) is 0 Å². The molecule has 2 rings (SSSR count). The first-order valence-corrected chi connectivity index (χ1v) is 8.83. The number of halogens is 1. The summed E-state index contributed by atoms with van der Waals surface area (Å²) in [6.07, 6.45) is 13.0. The van der Waals surface area contributed by atoms with Crippen LogP contribution in [0.25, 0.3) is 0 Å². The van der Waals surface area contributed by atoms with Crippen LogP contribution in [0, 0.1) is 0 Å². The van der Waals surface area contributed by atoms with Crippen molar-refractivity contribution in [1.29, 1.82) is 0 Å². The minimum atomic E-state index is 0. The first-order chi connectivity index (χ1) is 10.3. The number of fused-ring (bicyclic) bond motifs is 1. The highest BCUT2D eigenvalue weighted by atomic mass is 79.9. The van der Waals surface area contributed by atoms with Crippen molar-refractivity contribution in [3.8, 4) is 5.75 Å². The number of aryl methyl sites for hydroxylation is 1. The number of aromatic hydroxyl groups is 1. The number of nitrogens with one attached hydrogen (secondary N) is 1. The topological polar surface area (TPSA) is 32.3 Å². The van der Waals surface area contributed by atoms with Gasteiger partial charge >= 0.3 is 0 Å². The van der Waals surface area contributed by atoms with Crippen LogP contribution in [0.4, 0.5) is 0 Å². The molecule has 1 unspecified atom stereocenters. The van der Waals surface area contributed by atoms with Gasteiger partial charge in [0, 0.05) is 6.04 Å².